The molecule has 0 aliphatic heterocycles. The van der Waals surface area contributed by atoms with Crippen molar-refractivity contribution in [1.82, 2.24) is 9.59 Å². The maximum Gasteiger partial charge on any atom is 0.269 e. The number of nitrogens with zero attached hydrogens (tertiary/aromatic N) is 2. The van der Waals surface area contributed by atoms with Crippen molar-refractivity contribution in [1.29, 1.82) is 0 Å². The number of amides is 1. The molecule has 0 unspecified atom stereocenters. The van der Waals surface area contributed by atoms with Crippen LogP contribution in [0.4, 0.5) is 5.69 Å². The predicted octanol–water partition coefficient (Wildman–Crippen LogP) is 4.50. The summed E-state index contributed by atoms with van der Waals surface area (Å²) in [6.07, 6.45) is 0. The first-order chi connectivity index (χ1) is 9.29. The summed E-state index contributed by atoms with van der Waals surface area (Å²) in [5.74, 6) is -0.219. The minimum absolute atomic E-state index is 0.219. The summed E-state index contributed by atoms with van der Waals surface area (Å²) >= 11 is 10.4. The van der Waals surface area contributed by atoms with Crippen LogP contribution in [0.5, 0.6) is 0 Å². The molecule has 20 heavy (non-hydrogen) atoms. The van der Waals surface area contributed by atoms with Gasteiger partial charge >= 0.3 is 0 Å². The van der Waals surface area contributed by atoms with E-state index in [4.69, 9.17) is 11.6 Å². The third-order valence-corrected chi connectivity index (χ3v) is 4.54. The number of benzene rings is 1. The molecule has 0 fully saturated rings. The first kappa shape index (κ1) is 15.4. The average molecular weight is 375 g/mol. The van der Waals surface area contributed by atoms with Gasteiger partial charge in [0.1, 0.15) is 4.88 Å². The molecule has 0 radical (unpaired) electrons. The van der Waals surface area contributed by atoms with Crippen LogP contribution in [-0.2, 0) is 5.41 Å². The lowest BCUT2D eigenvalue weighted by atomic mass is 9.91. The van der Waals surface area contributed by atoms with E-state index in [1.54, 1.807) is 18.2 Å². The molecule has 0 bridgehead atoms. The summed E-state index contributed by atoms with van der Waals surface area (Å²) in [5.41, 5.74) is 1.11. The van der Waals surface area contributed by atoms with E-state index in [0.717, 1.165) is 16.0 Å². The van der Waals surface area contributed by atoms with Gasteiger partial charge in [-0.2, -0.15) is 0 Å². The lowest BCUT2D eigenvalue weighted by Crippen LogP contribution is -2.19. The number of hydrogen-bond acceptors (Lipinski definition) is 4. The van der Waals surface area contributed by atoms with Gasteiger partial charge in [-0.1, -0.05) is 36.9 Å². The molecule has 1 amide bonds. The van der Waals surface area contributed by atoms with Crippen molar-refractivity contribution < 1.29 is 4.79 Å². The molecule has 2 aromatic rings. The number of carbonyl (C=O) groups excluding carboxylic acids is 1. The first-order valence-electron chi connectivity index (χ1n) is 5.88. The van der Waals surface area contributed by atoms with E-state index in [-0.39, 0.29) is 11.3 Å². The molecule has 0 atom stereocenters. The lowest BCUT2D eigenvalue weighted by molar-refractivity contribution is 0.102. The monoisotopic (exact) mass is 373 g/mol. The number of anilines is 1. The quantitative estimate of drug-likeness (QED) is 0.841. The Bertz CT molecular complexity index is 651. The Morgan fingerprint density at radius 1 is 1.40 bits per heavy atom. The van der Waals surface area contributed by atoms with Gasteiger partial charge in [0.05, 0.1) is 10.7 Å². The van der Waals surface area contributed by atoms with E-state index in [9.17, 15) is 4.79 Å². The molecular weight excluding hydrogens is 362 g/mol. The van der Waals surface area contributed by atoms with Gasteiger partial charge in [0, 0.05) is 15.6 Å². The van der Waals surface area contributed by atoms with Gasteiger partial charge in [0.2, 0.25) is 0 Å². The lowest BCUT2D eigenvalue weighted by Gasteiger charge is -2.16. The molecule has 1 N–H and O–H groups in total. The highest BCUT2D eigenvalue weighted by atomic mass is 79.9. The molecule has 1 aromatic heterocycles. The second-order valence-electron chi connectivity index (χ2n) is 5.28. The van der Waals surface area contributed by atoms with Crippen molar-refractivity contribution in [3.63, 3.8) is 0 Å². The number of rotatable bonds is 2. The molecule has 0 aliphatic carbocycles. The smallest absolute Gasteiger partial charge is 0.269 e. The largest absolute Gasteiger partial charge is 0.321 e. The summed E-state index contributed by atoms with van der Waals surface area (Å²) in [4.78, 5) is 12.8. The van der Waals surface area contributed by atoms with Crippen LogP contribution in [0.1, 0.15) is 36.1 Å². The normalized spacial score (nSPS) is 11.4. The minimum Gasteiger partial charge on any atom is -0.321 e. The molecule has 0 saturated carbocycles. The fourth-order valence-electron chi connectivity index (χ4n) is 1.59. The maximum absolute atomic E-state index is 12.3. The molecule has 7 heteroatoms. The number of nitrogens with one attached hydrogen (secondary N) is 1. The number of carbonyl (C=O) groups is 1. The van der Waals surface area contributed by atoms with Crippen molar-refractivity contribution in [3.8, 4) is 0 Å². The van der Waals surface area contributed by atoms with Crippen LogP contribution in [0.15, 0.2) is 22.7 Å². The highest BCUT2D eigenvalue weighted by Gasteiger charge is 2.26. The van der Waals surface area contributed by atoms with Gasteiger partial charge in [-0.25, -0.2) is 0 Å². The summed E-state index contributed by atoms with van der Waals surface area (Å²) < 4.78 is 4.66. The number of aromatic nitrogens is 2. The van der Waals surface area contributed by atoms with Gasteiger partial charge < -0.3 is 5.32 Å². The van der Waals surface area contributed by atoms with E-state index in [2.05, 4.69) is 30.8 Å². The third kappa shape index (κ3) is 3.37. The van der Waals surface area contributed by atoms with Crippen LogP contribution in [0.3, 0.4) is 0 Å². The van der Waals surface area contributed by atoms with Crippen molar-refractivity contribution in [2.24, 2.45) is 0 Å². The molecule has 4 nitrogen and oxygen atoms in total. The first-order valence-corrected chi connectivity index (χ1v) is 7.82. The molecule has 106 valence electrons. The second-order valence-corrected chi connectivity index (χ2v) is 7.30. The Kier molecular flexibility index (Phi) is 4.46. The van der Waals surface area contributed by atoms with Crippen LogP contribution < -0.4 is 5.32 Å². The van der Waals surface area contributed by atoms with Gasteiger partial charge in [-0.15, -0.1) is 5.10 Å². The van der Waals surface area contributed by atoms with Crippen LogP contribution >= 0.6 is 39.1 Å². The molecule has 0 spiro atoms. The molecule has 1 heterocycles. The predicted molar refractivity (Wildman–Crippen MR) is 85.7 cm³/mol. The zero-order chi connectivity index (χ0) is 14.9. The fraction of sp³-hybridized carbons (Fsp3) is 0.308. The molecule has 0 aliphatic rings. The Hall–Kier alpha value is -0.980. The Morgan fingerprint density at radius 2 is 2.10 bits per heavy atom. The number of halogens is 2. The van der Waals surface area contributed by atoms with Crippen molar-refractivity contribution in [2.75, 3.05) is 5.32 Å². The molecule has 1 aromatic carbocycles. The molecule has 0 saturated heterocycles. The van der Waals surface area contributed by atoms with Gasteiger partial charge in [0.25, 0.3) is 5.91 Å². The van der Waals surface area contributed by atoms with Crippen LogP contribution in [0.25, 0.3) is 0 Å². The van der Waals surface area contributed by atoms with Crippen LogP contribution in [0, 0.1) is 0 Å². The molecular formula is C13H13BrClN3OS. The maximum atomic E-state index is 12.3. The van der Waals surface area contributed by atoms with E-state index >= 15 is 0 Å². The summed E-state index contributed by atoms with van der Waals surface area (Å²) in [6.45, 7) is 5.99. The highest BCUT2D eigenvalue weighted by molar-refractivity contribution is 9.10. The Morgan fingerprint density at radius 3 is 2.70 bits per heavy atom. The average Bonchev–Trinajstić information content (AvgIpc) is 2.83. The van der Waals surface area contributed by atoms with Crippen LogP contribution in [-0.4, -0.2) is 15.5 Å². The molecule has 2 rings (SSSR count). The van der Waals surface area contributed by atoms with E-state index < -0.39 is 0 Å². The highest BCUT2D eigenvalue weighted by Crippen LogP contribution is 2.28. The minimum atomic E-state index is -0.225. The summed E-state index contributed by atoms with van der Waals surface area (Å²) in [5, 5.41) is 7.41. The van der Waals surface area contributed by atoms with Gasteiger partial charge in [-0.3, -0.25) is 4.79 Å². The zero-order valence-electron chi connectivity index (χ0n) is 11.2. The zero-order valence-corrected chi connectivity index (χ0v) is 14.4. The third-order valence-electron chi connectivity index (χ3n) is 2.58. The Labute approximate surface area is 134 Å². The Balaban J connectivity index is 2.25. The SMILES string of the molecule is CC(C)(C)c1nnsc1C(=O)Nc1ccc(Br)c(Cl)c1. The van der Waals surface area contributed by atoms with Gasteiger partial charge in [-0.05, 0) is 45.7 Å². The van der Waals surface area contributed by atoms with Crippen molar-refractivity contribution >= 4 is 50.7 Å². The fourth-order valence-corrected chi connectivity index (χ4v) is 2.79. The van der Waals surface area contributed by atoms with Gasteiger partial charge in [0.15, 0.2) is 0 Å². The number of hydrogen-bond donors (Lipinski definition) is 1. The summed E-state index contributed by atoms with van der Waals surface area (Å²) in [7, 11) is 0. The van der Waals surface area contributed by atoms with E-state index in [1.807, 2.05) is 20.8 Å². The van der Waals surface area contributed by atoms with Crippen molar-refractivity contribution in [3.05, 3.63) is 38.3 Å². The van der Waals surface area contributed by atoms with E-state index in [0.29, 0.717) is 21.3 Å². The summed E-state index contributed by atoms with van der Waals surface area (Å²) in [6, 6.07) is 5.25. The van der Waals surface area contributed by atoms with Crippen LogP contribution in [0.2, 0.25) is 5.02 Å². The van der Waals surface area contributed by atoms with Crippen molar-refractivity contribution in [2.45, 2.75) is 26.2 Å². The van der Waals surface area contributed by atoms with E-state index in [1.165, 1.54) is 0 Å². The second kappa shape index (κ2) is 5.79. The standard InChI is InChI=1S/C13H13BrClN3OS/c1-13(2,3)11-10(20-18-17-11)12(19)16-7-4-5-8(14)9(15)6-7/h4-6H,1-3H3,(H,16,19). The topological polar surface area (TPSA) is 54.9 Å².